The zero-order chi connectivity index (χ0) is 15.3. The molecule has 0 aromatic heterocycles. The number of nitrogens with one attached hydrogen (secondary N) is 1. The van der Waals surface area contributed by atoms with Crippen LogP contribution in [0.25, 0.3) is 0 Å². The predicted octanol–water partition coefficient (Wildman–Crippen LogP) is 2.63. The smallest absolute Gasteiger partial charge is 0.329 e. The molecule has 0 atom stereocenters. The molecule has 0 aromatic carbocycles. The lowest BCUT2D eigenvalue weighted by Gasteiger charge is -2.38. The van der Waals surface area contributed by atoms with Crippen LogP contribution >= 0.6 is 0 Å². The number of carboxylic acid groups (broad SMARTS) is 1. The summed E-state index contributed by atoms with van der Waals surface area (Å²) < 4.78 is 0. The van der Waals surface area contributed by atoms with Crippen molar-refractivity contribution in [2.24, 2.45) is 5.92 Å². The Morgan fingerprint density at radius 1 is 1.40 bits per heavy atom. The molecule has 0 aromatic rings. The maximum atomic E-state index is 12.1. The Bertz CT molecular complexity index is 385. The van der Waals surface area contributed by atoms with Gasteiger partial charge >= 0.3 is 12.0 Å². The number of carbonyl (C=O) groups is 2. The van der Waals surface area contributed by atoms with Crippen LogP contribution in [0.1, 0.15) is 46.0 Å². The van der Waals surface area contributed by atoms with Crippen molar-refractivity contribution in [3.8, 4) is 0 Å². The van der Waals surface area contributed by atoms with Crippen molar-refractivity contribution in [3.63, 3.8) is 0 Å². The summed E-state index contributed by atoms with van der Waals surface area (Å²) in [5, 5.41) is 12.2. The van der Waals surface area contributed by atoms with Crippen molar-refractivity contribution in [3.05, 3.63) is 12.2 Å². The Balaban J connectivity index is 2.71. The third-order valence-corrected chi connectivity index (χ3v) is 4.15. The Kier molecular flexibility index (Phi) is 5.60. The number of urea groups is 1. The molecule has 20 heavy (non-hydrogen) atoms. The van der Waals surface area contributed by atoms with Gasteiger partial charge in [0.2, 0.25) is 0 Å². The molecular formula is C15H26N2O3. The van der Waals surface area contributed by atoms with Gasteiger partial charge in [-0.1, -0.05) is 25.5 Å². The minimum atomic E-state index is -1.11. The minimum Gasteiger partial charge on any atom is -0.480 e. The topological polar surface area (TPSA) is 69.6 Å². The first kappa shape index (κ1) is 16.5. The number of hydrogen-bond donors (Lipinski definition) is 2. The highest BCUT2D eigenvalue weighted by Crippen LogP contribution is 2.34. The highest BCUT2D eigenvalue weighted by molar-refractivity contribution is 5.86. The first-order valence-electron chi connectivity index (χ1n) is 7.21. The van der Waals surface area contributed by atoms with E-state index in [1.165, 1.54) is 4.90 Å². The van der Waals surface area contributed by atoms with E-state index in [9.17, 15) is 14.7 Å². The first-order chi connectivity index (χ1) is 9.30. The molecule has 0 spiro atoms. The summed E-state index contributed by atoms with van der Waals surface area (Å²) in [6.45, 7) is 8.15. The molecule has 1 saturated carbocycles. The number of nitrogens with zero attached hydrogens (tertiary/aromatic N) is 1. The molecule has 1 rings (SSSR count). The fraction of sp³-hybridized carbons (Fsp3) is 0.733. The number of hydrogen-bond acceptors (Lipinski definition) is 2. The molecule has 1 aliphatic rings. The molecule has 5 nitrogen and oxygen atoms in total. The van der Waals surface area contributed by atoms with Gasteiger partial charge in [0.15, 0.2) is 0 Å². The fourth-order valence-corrected chi connectivity index (χ4v) is 2.75. The summed E-state index contributed by atoms with van der Waals surface area (Å²) in [6.07, 6.45) is 3.79. The predicted molar refractivity (Wildman–Crippen MR) is 78.6 cm³/mol. The van der Waals surface area contributed by atoms with Crippen LogP contribution in [-0.4, -0.2) is 41.1 Å². The van der Waals surface area contributed by atoms with Crippen molar-refractivity contribution in [1.29, 1.82) is 0 Å². The number of rotatable bonds is 5. The van der Waals surface area contributed by atoms with Crippen LogP contribution in [0.2, 0.25) is 0 Å². The molecule has 0 bridgehead atoms. The summed E-state index contributed by atoms with van der Waals surface area (Å²) in [7, 11) is 1.65. The third-order valence-electron chi connectivity index (χ3n) is 4.15. The Labute approximate surface area is 121 Å². The van der Waals surface area contributed by atoms with Gasteiger partial charge in [-0.2, -0.15) is 0 Å². The van der Waals surface area contributed by atoms with Crippen molar-refractivity contribution in [1.82, 2.24) is 10.2 Å². The van der Waals surface area contributed by atoms with Crippen LogP contribution < -0.4 is 5.32 Å². The lowest BCUT2D eigenvalue weighted by molar-refractivity contribution is -0.146. The van der Waals surface area contributed by atoms with E-state index in [-0.39, 0.29) is 6.03 Å². The van der Waals surface area contributed by atoms with E-state index in [4.69, 9.17) is 0 Å². The monoisotopic (exact) mass is 282 g/mol. The summed E-state index contributed by atoms with van der Waals surface area (Å²) >= 11 is 0. The molecule has 1 fully saturated rings. The first-order valence-corrected chi connectivity index (χ1v) is 7.21. The molecule has 114 valence electrons. The molecule has 0 saturated heterocycles. The quantitative estimate of drug-likeness (QED) is 0.762. The lowest BCUT2D eigenvalue weighted by Crippen LogP contribution is -2.59. The van der Waals surface area contributed by atoms with Crippen LogP contribution in [0.15, 0.2) is 12.2 Å². The Morgan fingerprint density at radius 2 is 1.95 bits per heavy atom. The maximum absolute atomic E-state index is 12.1. The van der Waals surface area contributed by atoms with Crippen molar-refractivity contribution < 1.29 is 14.7 Å². The number of aliphatic carboxylic acids is 1. The summed E-state index contributed by atoms with van der Waals surface area (Å²) in [6, 6.07) is -0.342. The average Bonchev–Trinajstić information content (AvgIpc) is 2.38. The highest BCUT2D eigenvalue weighted by Gasteiger charge is 2.43. The van der Waals surface area contributed by atoms with E-state index in [0.717, 1.165) is 24.8 Å². The van der Waals surface area contributed by atoms with E-state index in [2.05, 4.69) is 18.8 Å². The standard InChI is InChI=1S/C15H26N2O3/c1-5-12-6-8-15(9-7-12,13(18)19)16-14(20)17(4)10-11(2)3/h12H,2,5-10H2,1,3-4H3,(H,16,20)(H,18,19). The van der Waals surface area contributed by atoms with E-state index in [0.29, 0.717) is 25.3 Å². The number of carboxylic acids is 1. The fourth-order valence-electron chi connectivity index (χ4n) is 2.75. The van der Waals surface area contributed by atoms with Crippen molar-refractivity contribution in [2.75, 3.05) is 13.6 Å². The van der Waals surface area contributed by atoms with Crippen LogP contribution in [0.5, 0.6) is 0 Å². The second-order valence-corrected chi connectivity index (χ2v) is 5.98. The van der Waals surface area contributed by atoms with Crippen LogP contribution in [0, 0.1) is 5.92 Å². The van der Waals surface area contributed by atoms with Gasteiger partial charge in [0, 0.05) is 13.6 Å². The van der Waals surface area contributed by atoms with Gasteiger partial charge in [0.25, 0.3) is 0 Å². The number of carbonyl (C=O) groups excluding carboxylic acids is 1. The second-order valence-electron chi connectivity index (χ2n) is 5.98. The molecule has 2 N–H and O–H groups in total. The van der Waals surface area contributed by atoms with Crippen molar-refractivity contribution >= 4 is 12.0 Å². The van der Waals surface area contributed by atoms with Gasteiger partial charge in [-0.25, -0.2) is 9.59 Å². The van der Waals surface area contributed by atoms with Crippen LogP contribution in [0.3, 0.4) is 0 Å². The second kappa shape index (κ2) is 6.77. The van der Waals surface area contributed by atoms with Gasteiger partial charge in [0.05, 0.1) is 0 Å². The molecule has 0 radical (unpaired) electrons. The summed E-state index contributed by atoms with van der Waals surface area (Å²) in [4.78, 5) is 25.2. The zero-order valence-corrected chi connectivity index (χ0v) is 12.7. The normalized spacial score (nSPS) is 25.9. The molecule has 0 heterocycles. The largest absolute Gasteiger partial charge is 0.480 e. The van der Waals surface area contributed by atoms with E-state index < -0.39 is 11.5 Å². The van der Waals surface area contributed by atoms with Gasteiger partial charge in [-0.3, -0.25) is 0 Å². The number of amides is 2. The van der Waals surface area contributed by atoms with Gasteiger partial charge in [-0.15, -0.1) is 0 Å². The summed E-state index contributed by atoms with van der Waals surface area (Å²) in [5.74, 6) is -0.350. The minimum absolute atomic E-state index is 0.342. The highest BCUT2D eigenvalue weighted by atomic mass is 16.4. The maximum Gasteiger partial charge on any atom is 0.329 e. The molecular weight excluding hydrogens is 256 g/mol. The van der Waals surface area contributed by atoms with Crippen LogP contribution in [0.4, 0.5) is 4.79 Å². The summed E-state index contributed by atoms with van der Waals surface area (Å²) in [5.41, 5.74) is -0.242. The van der Waals surface area contributed by atoms with Crippen molar-refractivity contribution in [2.45, 2.75) is 51.5 Å². The molecule has 0 aliphatic heterocycles. The zero-order valence-electron chi connectivity index (χ0n) is 12.7. The lowest BCUT2D eigenvalue weighted by atomic mass is 9.75. The molecule has 5 heteroatoms. The average molecular weight is 282 g/mol. The molecule has 0 unspecified atom stereocenters. The van der Waals surface area contributed by atoms with Gasteiger partial charge in [-0.05, 0) is 38.5 Å². The molecule has 1 aliphatic carbocycles. The van der Waals surface area contributed by atoms with E-state index in [1.54, 1.807) is 7.05 Å². The SMILES string of the molecule is C=C(C)CN(C)C(=O)NC1(C(=O)O)CCC(CC)CC1. The van der Waals surface area contributed by atoms with E-state index >= 15 is 0 Å². The van der Waals surface area contributed by atoms with Crippen LogP contribution in [-0.2, 0) is 4.79 Å². The van der Waals surface area contributed by atoms with Gasteiger partial charge < -0.3 is 15.3 Å². The van der Waals surface area contributed by atoms with Gasteiger partial charge in [0.1, 0.15) is 5.54 Å². The Hall–Kier alpha value is -1.52. The number of likely N-dealkylation sites (N-methyl/N-ethyl adjacent to an activating group) is 1. The van der Waals surface area contributed by atoms with E-state index in [1.807, 2.05) is 6.92 Å². The third kappa shape index (κ3) is 3.99. The molecule has 2 amide bonds. The Morgan fingerprint density at radius 3 is 2.35 bits per heavy atom.